The lowest BCUT2D eigenvalue weighted by atomic mass is 9.84. The summed E-state index contributed by atoms with van der Waals surface area (Å²) in [5, 5.41) is 5.66. The van der Waals surface area contributed by atoms with Crippen LogP contribution in [0.4, 0.5) is 11.4 Å². The predicted octanol–water partition coefficient (Wildman–Crippen LogP) is 3.80. The van der Waals surface area contributed by atoms with E-state index in [1.165, 1.54) is 0 Å². The number of hydrogen-bond donors (Lipinski definition) is 4. The third kappa shape index (κ3) is 7.80. The molecule has 0 saturated heterocycles. The molecule has 2 aromatic rings. The fourth-order valence-corrected chi connectivity index (χ4v) is 3.79. The molecule has 0 aromatic heterocycles. The molecule has 0 aliphatic heterocycles. The maximum absolute atomic E-state index is 13.2. The molecule has 0 heterocycles. The van der Waals surface area contributed by atoms with Gasteiger partial charge in [0.1, 0.15) is 0 Å². The number of thiol groups is 1. The Balaban J connectivity index is 2.29. The van der Waals surface area contributed by atoms with E-state index >= 15 is 0 Å². The molecule has 2 rings (SSSR count). The Morgan fingerprint density at radius 1 is 1.03 bits per heavy atom. The van der Waals surface area contributed by atoms with Crippen LogP contribution in [-0.2, 0) is 9.59 Å². The zero-order chi connectivity index (χ0) is 23.9. The number of anilines is 2. The first-order valence-corrected chi connectivity index (χ1v) is 11.4. The van der Waals surface area contributed by atoms with Crippen molar-refractivity contribution >= 4 is 41.6 Å². The number of benzene rings is 2. The van der Waals surface area contributed by atoms with Gasteiger partial charge >= 0.3 is 0 Å². The summed E-state index contributed by atoms with van der Waals surface area (Å²) in [6.07, 6.45) is 1.28. The molecular weight excluding hydrogens is 422 g/mol. The Kier molecular flexibility index (Phi) is 9.04. The Bertz CT molecular complexity index is 955. The van der Waals surface area contributed by atoms with Gasteiger partial charge in [-0.1, -0.05) is 58.0 Å². The second kappa shape index (κ2) is 11.3. The van der Waals surface area contributed by atoms with Crippen molar-refractivity contribution in [1.29, 1.82) is 0 Å². The van der Waals surface area contributed by atoms with Gasteiger partial charge in [0.25, 0.3) is 5.91 Å². The molecule has 0 saturated carbocycles. The highest BCUT2D eigenvalue weighted by Gasteiger charge is 2.21. The van der Waals surface area contributed by atoms with Gasteiger partial charge in [-0.15, -0.1) is 0 Å². The number of amides is 2. The number of carbonyl (C=O) groups is 3. The summed E-state index contributed by atoms with van der Waals surface area (Å²) in [5.74, 6) is -0.153. The second-order valence-electron chi connectivity index (χ2n) is 9.45. The first-order chi connectivity index (χ1) is 15.0. The number of carbonyl (C=O) groups excluding carboxylic acids is 3. The molecule has 0 aliphatic rings. The lowest BCUT2D eigenvalue weighted by Gasteiger charge is -2.23. The van der Waals surface area contributed by atoms with E-state index in [2.05, 4.69) is 56.7 Å². The molecule has 6 nitrogen and oxygen atoms in total. The average molecular weight is 457 g/mol. The van der Waals surface area contributed by atoms with Crippen LogP contribution in [0.5, 0.6) is 0 Å². The highest BCUT2D eigenvalue weighted by atomic mass is 32.1. The first kappa shape index (κ1) is 25.6. The fourth-order valence-electron chi connectivity index (χ4n) is 3.63. The van der Waals surface area contributed by atoms with E-state index in [-0.39, 0.29) is 28.9 Å². The Hall–Kier alpha value is -2.64. The van der Waals surface area contributed by atoms with Crippen LogP contribution in [0, 0.1) is 11.3 Å². The van der Waals surface area contributed by atoms with Crippen LogP contribution in [0.3, 0.4) is 0 Å². The van der Waals surface area contributed by atoms with Crippen LogP contribution in [0.15, 0.2) is 48.5 Å². The van der Waals surface area contributed by atoms with E-state index in [4.69, 9.17) is 0 Å². The summed E-state index contributed by atoms with van der Waals surface area (Å²) < 4.78 is 0. The topological polar surface area (TPSA) is 103 Å². The summed E-state index contributed by atoms with van der Waals surface area (Å²) in [7, 11) is 0. The number of quaternary nitrogens is 1. The summed E-state index contributed by atoms with van der Waals surface area (Å²) >= 11 is 4.10. The largest absolute Gasteiger partial charge is 0.347 e. The third-order valence-corrected chi connectivity index (χ3v) is 5.37. The fraction of sp³-hybridized carbons (Fsp3) is 0.400. The standard InChI is InChI=1S/C25H33N3O3S/c1-16(14-25(2,3)4)12-22(29)28-21-11-10-18(27-24(31)20(26)15-32)13-19(21)23(30)17-8-6-5-7-9-17/h5-11,13,16,20,32H,12,14-15,26H2,1-4H3,(H,27,31)(H,28,29)/p+1/t16?,20-/m0/s1. The SMILES string of the molecule is CC(CC(=O)Nc1ccc(NC(=O)[C@@H]([NH3+])CS)cc1C(=O)c1ccccc1)CC(C)(C)C. The molecule has 32 heavy (non-hydrogen) atoms. The van der Waals surface area contributed by atoms with Crippen molar-refractivity contribution < 1.29 is 20.1 Å². The lowest BCUT2D eigenvalue weighted by Crippen LogP contribution is -2.67. The summed E-state index contributed by atoms with van der Waals surface area (Å²) in [5.41, 5.74) is 5.59. The molecule has 7 heteroatoms. The zero-order valence-corrected chi connectivity index (χ0v) is 20.2. The van der Waals surface area contributed by atoms with E-state index < -0.39 is 6.04 Å². The van der Waals surface area contributed by atoms with Crippen molar-refractivity contribution in [3.63, 3.8) is 0 Å². The van der Waals surface area contributed by atoms with Crippen molar-refractivity contribution in [3.8, 4) is 0 Å². The van der Waals surface area contributed by atoms with Gasteiger partial charge in [0.2, 0.25) is 5.91 Å². The first-order valence-electron chi connectivity index (χ1n) is 10.8. The highest BCUT2D eigenvalue weighted by Crippen LogP contribution is 2.28. The van der Waals surface area contributed by atoms with Gasteiger partial charge in [-0.3, -0.25) is 14.4 Å². The van der Waals surface area contributed by atoms with Crippen molar-refractivity contribution in [1.82, 2.24) is 0 Å². The van der Waals surface area contributed by atoms with E-state index in [9.17, 15) is 14.4 Å². The average Bonchev–Trinajstić information content (AvgIpc) is 2.72. The minimum atomic E-state index is -0.518. The van der Waals surface area contributed by atoms with Gasteiger partial charge < -0.3 is 16.4 Å². The minimum absolute atomic E-state index is 0.132. The van der Waals surface area contributed by atoms with Gasteiger partial charge in [0, 0.05) is 23.2 Å². The van der Waals surface area contributed by atoms with Gasteiger partial charge in [0.15, 0.2) is 11.8 Å². The normalized spacial score (nSPS) is 13.2. The van der Waals surface area contributed by atoms with Crippen molar-refractivity contribution in [2.75, 3.05) is 16.4 Å². The van der Waals surface area contributed by atoms with E-state index in [0.29, 0.717) is 34.7 Å². The molecule has 0 spiro atoms. The summed E-state index contributed by atoms with van der Waals surface area (Å²) in [6, 6.07) is 13.2. The number of nitrogens with one attached hydrogen (secondary N) is 2. The van der Waals surface area contributed by atoms with Crippen LogP contribution >= 0.6 is 12.6 Å². The van der Waals surface area contributed by atoms with Crippen molar-refractivity contribution in [3.05, 3.63) is 59.7 Å². The maximum Gasteiger partial charge on any atom is 0.283 e. The van der Waals surface area contributed by atoms with E-state index in [0.717, 1.165) is 6.42 Å². The lowest BCUT2D eigenvalue weighted by molar-refractivity contribution is -0.395. The quantitative estimate of drug-likeness (QED) is 0.341. The molecule has 0 aliphatic carbocycles. The number of hydrogen-bond acceptors (Lipinski definition) is 4. The predicted molar refractivity (Wildman–Crippen MR) is 132 cm³/mol. The van der Waals surface area contributed by atoms with Crippen LogP contribution in [-0.4, -0.2) is 29.4 Å². The van der Waals surface area contributed by atoms with E-state index in [1.54, 1.807) is 42.5 Å². The van der Waals surface area contributed by atoms with Gasteiger partial charge in [-0.2, -0.15) is 12.6 Å². The molecule has 0 bridgehead atoms. The minimum Gasteiger partial charge on any atom is -0.347 e. The summed E-state index contributed by atoms with van der Waals surface area (Å²) in [6.45, 7) is 8.50. The zero-order valence-electron chi connectivity index (χ0n) is 19.3. The Morgan fingerprint density at radius 3 is 2.28 bits per heavy atom. The smallest absolute Gasteiger partial charge is 0.283 e. The second-order valence-corrected chi connectivity index (χ2v) is 9.81. The molecule has 2 atom stereocenters. The Morgan fingerprint density at radius 2 is 1.69 bits per heavy atom. The summed E-state index contributed by atoms with van der Waals surface area (Å²) in [4.78, 5) is 38.1. The van der Waals surface area contributed by atoms with Gasteiger partial charge in [0.05, 0.1) is 11.4 Å². The molecule has 0 fully saturated rings. The van der Waals surface area contributed by atoms with E-state index in [1.807, 2.05) is 6.07 Å². The molecule has 0 radical (unpaired) electrons. The van der Waals surface area contributed by atoms with Crippen LogP contribution in [0.2, 0.25) is 0 Å². The molecule has 1 unspecified atom stereocenters. The monoisotopic (exact) mass is 456 g/mol. The van der Waals surface area contributed by atoms with Crippen molar-refractivity contribution in [2.45, 2.75) is 46.6 Å². The number of rotatable bonds is 9. The van der Waals surface area contributed by atoms with Crippen LogP contribution < -0.4 is 16.4 Å². The van der Waals surface area contributed by atoms with Gasteiger partial charge in [-0.25, -0.2) is 0 Å². The molecular formula is C25H34N3O3S+. The Labute approximate surface area is 195 Å². The third-order valence-electron chi connectivity index (χ3n) is 4.93. The van der Waals surface area contributed by atoms with Gasteiger partial charge in [-0.05, 0) is 36.0 Å². The van der Waals surface area contributed by atoms with Crippen LogP contribution in [0.1, 0.15) is 56.5 Å². The molecule has 2 amide bonds. The molecule has 172 valence electrons. The molecule has 2 aromatic carbocycles. The van der Waals surface area contributed by atoms with Crippen LogP contribution in [0.25, 0.3) is 0 Å². The maximum atomic E-state index is 13.2. The van der Waals surface area contributed by atoms with Crippen molar-refractivity contribution in [2.24, 2.45) is 11.3 Å². The highest BCUT2D eigenvalue weighted by molar-refractivity contribution is 7.80. The number of ketones is 1. The molecule has 5 N–H and O–H groups in total.